The van der Waals surface area contributed by atoms with E-state index in [-0.39, 0.29) is 0 Å². The molecule has 112 valence electrons. The Morgan fingerprint density at radius 1 is 1.33 bits per heavy atom. The fourth-order valence-corrected chi connectivity index (χ4v) is 3.63. The summed E-state index contributed by atoms with van der Waals surface area (Å²) in [7, 11) is 1.96. The van der Waals surface area contributed by atoms with Gasteiger partial charge < -0.3 is 10.1 Å². The third-order valence-corrected chi connectivity index (χ3v) is 4.87. The van der Waals surface area contributed by atoms with E-state index < -0.39 is 0 Å². The van der Waals surface area contributed by atoms with Gasteiger partial charge in [0.25, 0.3) is 0 Å². The van der Waals surface area contributed by atoms with Gasteiger partial charge >= 0.3 is 0 Å². The van der Waals surface area contributed by atoms with Crippen LogP contribution in [0.1, 0.15) is 16.0 Å². The van der Waals surface area contributed by atoms with Crippen LogP contribution in [0.5, 0.6) is 5.75 Å². The molecule has 3 nitrogen and oxygen atoms in total. The zero-order valence-electron chi connectivity index (χ0n) is 12.5. The fourth-order valence-electron chi connectivity index (χ4n) is 2.74. The predicted molar refractivity (Wildman–Crippen MR) is 88.0 cm³/mol. The number of hydrogen-bond donors (Lipinski definition) is 1. The summed E-state index contributed by atoms with van der Waals surface area (Å²) >= 11 is 1.89. The Hall–Kier alpha value is -1.36. The third kappa shape index (κ3) is 3.84. The first-order chi connectivity index (χ1) is 10.3. The highest BCUT2D eigenvalue weighted by atomic mass is 32.1. The minimum Gasteiger partial charge on any atom is -0.492 e. The highest BCUT2D eigenvalue weighted by Gasteiger charge is 2.16. The maximum absolute atomic E-state index is 5.90. The minimum absolute atomic E-state index is 0.752. The summed E-state index contributed by atoms with van der Waals surface area (Å²) in [6.07, 6.45) is 1.19. The Kier molecular flexibility index (Phi) is 4.91. The molecule has 21 heavy (non-hydrogen) atoms. The van der Waals surface area contributed by atoms with Gasteiger partial charge in [-0.15, -0.1) is 11.3 Å². The lowest BCUT2D eigenvalue weighted by Crippen LogP contribution is -2.33. The molecule has 1 N–H and O–H groups in total. The van der Waals surface area contributed by atoms with Crippen LogP contribution in [-0.4, -0.2) is 31.6 Å². The van der Waals surface area contributed by atoms with Gasteiger partial charge in [0.2, 0.25) is 0 Å². The van der Waals surface area contributed by atoms with E-state index in [0.29, 0.717) is 0 Å². The SMILES string of the molecule is CNCc1cccc(OCCN2CCc3sccc3C2)c1. The van der Waals surface area contributed by atoms with E-state index in [1.807, 2.05) is 24.5 Å². The highest BCUT2D eigenvalue weighted by molar-refractivity contribution is 7.10. The maximum atomic E-state index is 5.90. The van der Waals surface area contributed by atoms with Crippen molar-refractivity contribution in [2.45, 2.75) is 19.5 Å². The van der Waals surface area contributed by atoms with Crippen molar-refractivity contribution in [1.82, 2.24) is 10.2 Å². The van der Waals surface area contributed by atoms with Crippen molar-refractivity contribution in [3.63, 3.8) is 0 Å². The van der Waals surface area contributed by atoms with Gasteiger partial charge in [0, 0.05) is 31.1 Å². The van der Waals surface area contributed by atoms with E-state index in [2.05, 4.69) is 39.9 Å². The highest BCUT2D eigenvalue weighted by Crippen LogP contribution is 2.23. The normalized spacial score (nSPS) is 14.9. The third-order valence-electron chi connectivity index (χ3n) is 3.84. The predicted octanol–water partition coefficient (Wildman–Crippen LogP) is 2.90. The molecule has 0 spiro atoms. The topological polar surface area (TPSA) is 24.5 Å². The molecule has 0 bridgehead atoms. The summed E-state index contributed by atoms with van der Waals surface area (Å²) in [5.41, 5.74) is 2.76. The van der Waals surface area contributed by atoms with Crippen LogP contribution >= 0.6 is 11.3 Å². The van der Waals surface area contributed by atoms with E-state index in [9.17, 15) is 0 Å². The van der Waals surface area contributed by atoms with E-state index in [1.165, 1.54) is 17.5 Å². The van der Waals surface area contributed by atoms with Crippen molar-refractivity contribution in [2.75, 3.05) is 26.7 Å². The van der Waals surface area contributed by atoms with Gasteiger partial charge in [-0.25, -0.2) is 0 Å². The molecule has 0 radical (unpaired) electrons. The molecule has 0 saturated heterocycles. The second kappa shape index (κ2) is 7.07. The van der Waals surface area contributed by atoms with Crippen LogP contribution in [0.4, 0.5) is 0 Å². The Labute approximate surface area is 130 Å². The average molecular weight is 302 g/mol. The van der Waals surface area contributed by atoms with Crippen LogP contribution in [0.2, 0.25) is 0 Å². The molecular formula is C17H22N2OS. The molecule has 3 rings (SSSR count). The van der Waals surface area contributed by atoms with Crippen LogP contribution in [0.15, 0.2) is 35.7 Å². The molecule has 0 aliphatic carbocycles. The van der Waals surface area contributed by atoms with Crippen molar-refractivity contribution >= 4 is 11.3 Å². The van der Waals surface area contributed by atoms with Crippen LogP contribution in [0, 0.1) is 0 Å². The molecule has 1 aromatic carbocycles. The molecule has 1 aliphatic heterocycles. The molecular weight excluding hydrogens is 280 g/mol. The summed E-state index contributed by atoms with van der Waals surface area (Å²) in [6.45, 7) is 4.84. The number of nitrogens with one attached hydrogen (secondary N) is 1. The van der Waals surface area contributed by atoms with Gasteiger partial charge in [-0.1, -0.05) is 12.1 Å². The maximum Gasteiger partial charge on any atom is 0.119 e. The van der Waals surface area contributed by atoms with Crippen molar-refractivity contribution in [2.24, 2.45) is 0 Å². The number of nitrogens with zero attached hydrogens (tertiary/aromatic N) is 1. The summed E-state index contributed by atoms with van der Waals surface area (Å²) in [4.78, 5) is 4.04. The fraction of sp³-hybridized carbons (Fsp3) is 0.412. The molecule has 4 heteroatoms. The molecule has 0 atom stereocenters. The van der Waals surface area contributed by atoms with Crippen LogP contribution in [0.3, 0.4) is 0 Å². The molecule has 1 aromatic heterocycles. The molecule has 2 aromatic rings. The van der Waals surface area contributed by atoms with Crippen molar-refractivity contribution in [1.29, 1.82) is 0 Å². The lowest BCUT2D eigenvalue weighted by Gasteiger charge is -2.26. The standard InChI is InChI=1S/C17H22N2OS/c1-18-12-14-3-2-4-16(11-14)20-9-8-19-7-5-17-15(13-19)6-10-21-17/h2-4,6,10-11,18H,5,7-9,12-13H2,1H3. The van der Waals surface area contributed by atoms with Gasteiger partial charge in [0.05, 0.1) is 0 Å². The van der Waals surface area contributed by atoms with E-state index in [1.54, 1.807) is 4.88 Å². The summed E-state index contributed by atoms with van der Waals surface area (Å²) in [5.74, 6) is 0.969. The first kappa shape index (κ1) is 14.6. The molecule has 0 unspecified atom stereocenters. The van der Waals surface area contributed by atoms with Crippen molar-refractivity contribution in [3.05, 3.63) is 51.7 Å². The molecule has 1 aliphatic rings. The van der Waals surface area contributed by atoms with E-state index >= 15 is 0 Å². The Morgan fingerprint density at radius 3 is 3.19 bits per heavy atom. The number of benzene rings is 1. The second-order valence-corrected chi connectivity index (χ2v) is 6.42. The number of fused-ring (bicyclic) bond motifs is 1. The zero-order chi connectivity index (χ0) is 14.5. The Bertz CT molecular complexity index is 582. The number of ether oxygens (including phenoxy) is 1. The summed E-state index contributed by atoms with van der Waals surface area (Å²) in [5, 5.41) is 5.37. The largest absolute Gasteiger partial charge is 0.492 e. The van der Waals surface area contributed by atoms with E-state index in [4.69, 9.17) is 4.74 Å². The van der Waals surface area contributed by atoms with Crippen molar-refractivity contribution < 1.29 is 4.74 Å². The average Bonchev–Trinajstić information content (AvgIpc) is 2.96. The smallest absolute Gasteiger partial charge is 0.119 e. The van der Waals surface area contributed by atoms with Gasteiger partial charge in [-0.3, -0.25) is 4.90 Å². The molecule has 0 amide bonds. The van der Waals surface area contributed by atoms with Crippen molar-refractivity contribution in [3.8, 4) is 5.75 Å². The second-order valence-electron chi connectivity index (χ2n) is 5.42. The lowest BCUT2D eigenvalue weighted by atomic mass is 10.1. The monoisotopic (exact) mass is 302 g/mol. The molecule has 2 heterocycles. The quantitative estimate of drug-likeness (QED) is 0.888. The first-order valence-electron chi connectivity index (χ1n) is 7.49. The first-order valence-corrected chi connectivity index (χ1v) is 8.37. The number of thiophene rings is 1. The zero-order valence-corrected chi connectivity index (χ0v) is 13.3. The van der Waals surface area contributed by atoms with E-state index in [0.717, 1.165) is 38.5 Å². The van der Waals surface area contributed by atoms with Gasteiger partial charge in [0.1, 0.15) is 12.4 Å². The minimum atomic E-state index is 0.752. The molecule has 0 saturated carbocycles. The summed E-state index contributed by atoms with van der Waals surface area (Å²) in [6, 6.07) is 10.6. The Balaban J connectivity index is 1.47. The van der Waals surface area contributed by atoms with Crippen LogP contribution in [0.25, 0.3) is 0 Å². The Morgan fingerprint density at radius 2 is 2.29 bits per heavy atom. The lowest BCUT2D eigenvalue weighted by molar-refractivity contribution is 0.197. The van der Waals surface area contributed by atoms with Gasteiger partial charge in [0.15, 0.2) is 0 Å². The number of rotatable bonds is 6. The van der Waals surface area contributed by atoms with Gasteiger partial charge in [-0.2, -0.15) is 0 Å². The number of hydrogen-bond acceptors (Lipinski definition) is 4. The van der Waals surface area contributed by atoms with Crippen LogP contribution in [-0.2, 0) is 19.5 Å². The molecule has 0 fully saturated rings. The van der Waals surface area contributed by atoms with Gasteiger partial charge in [-0.05, 0) is 48.2 Å². The summed E-state index contributed by atoms with van der Waals surface area (Å²) < 4.78 is 5.90. The van der Waals surface area contributed by atoms with Crippen LogP contribution < -0.4 is 10.1 Å².